The highest BCUT2D eigenvalue weighted by Gasteiger charge is 2.19. The smallest absolute Gasteiger partial charge is 0.191 e. The summed E-state index contributed by atoms with van der Waals surface area (Å²) in [6.07, 6.45) is 0. The van der Waals surface area contributed by atoms with Gasteiger partial charge < -0.3 is 9.47 Å². The molecule has 6 heteroatoms. The Hall–Kier alpha value is -3.33. The Morgan fingerprint density at radius 3 is 2.48 bits per heavy atom. The summed E-state index contributed by atoms with van der Waals surface area (Å²) in [5, 5.41) is 17.4. The lowest BCUT2D eigenvalue weighted by molar-refractivity contribution is 0.400. The Morgan fingerprint density at radius 2 is 1.83 bits per heavy atom. The number of nitriles is 1. The van der Waals surface area contributed by atoms with E-state index in [0.29, 0.717) is 22.9 Å². The van der Waals surface area contributed by atoms with Crippen LogP contribution in [0.2, 0.25) is 0 Å². The first kappa shape index (κ1) is 14.6. The molecule has 0 aliphatic rings. The van der Waals surface area contributed by atoms with Crippen molar-refractivity contribution in [2.45, 2.75) is 0 Å². The van der Waals surface area contributed by atoms with Gasteiger partial charge in [0.2, 0.25) is 0 Å². The molecule has 0 atom stereocenters. The molecule has 0 bridgehead atoms. The maximum absolute atomic E-state index is 9.35. The third-order valence-electron chi connectivity index (χ3n) is 3.44. The largest absolute Gasteiger partial charge is 0.497 e. The molecule has 0 aliphatic heterocycles. The Bertz CT molecular complexity index is 866. The number of nitrogens with zero attached hydrogens (tertiary/aromatic N) is 4. The highest BCUT2D eigenvalue weighted by Crippen LogP contribution is 2.32. The fraction of sp³-hybridized carbons (Fsp3) is 0.118. The van der Waals surface area contributed by atoms with Crippen LogP contribution in [-0.2, 0) is 0 Å². The second kappa shape index (κ2) is 6.20. The number of hydrogen-bond donors (Lipinski definition) is 0. The van der Waals surface area contributed by atoms with Crippen molar-refractivity contribution in [1.82, 2.24) is 15.0 Å². The van der Waals surface area contributed by atoms with E-state index in [4.69, 9.17) is 9.47 Å². The third kappa shape index (κ3) is 2.60. The van der Waals surface area contributed by atoms with Gasteiger partial charge in [-0.3, -0.25) is 0 Å². The summed E-state index contributed by atoms with van der Waals surface area (Å²) in [6, 6.07) is 17.0. The average Bonchev–Trinajstić information content (AvgIpc) is 3.05. The lowest BCUT2D eigenvalue weighted by Gasteiger charge is -2.12. The van der Waals surface area contributed by atoms with Gasteiger partial charge in [0.25, 0.3) is 0 Å². The SMILES string of the molecule is COc1ccc(OC)c(-n2nnc(C#N)c2-c2ccccc2)c1. The molecule has 0 saturated heterocycles. The number of rotatable bonds is 4. The standard InChI is InChI=1S/C17H14N4O2/c1-22-13-8-9-16(23-2)15(10-13)21-17(14(11-18)19-20-21)12-6-4-3-5-7-12/h3-10H,1-2H3. The molecular weight excluding hydrogens is 292 g/mol. The van der Waals surface area contributed by atoms with Crippen molar-refractivity contribution in [2.75, 3.05) is 14.2 Å². The highest BCUT2D eigenvalue weighted by molar-refractivity contribution is 5.68. The van der Waals surface area contributed by atoms with Gasteiger partial charge in [0.1, 0.15) is 28.9 Å². The predicted molar refractivity (Wildman–Crippen MR) is 84.6 cm³/mol. The van der Waals surface area contributed by atoms with Gasteiger partial charge in [0, 0.05) is 11.6 Å². The summed E-state index contributed by atoms with van der Waals surface area (Å²) in [6.45, 7) is 0. The van der Waals surface area contributed by atoms with E-state index in [-0.39, 0.29) is 5.69 Å². The molecule has 0 N–H and O–H groups in total. The molecule has 3 rings (SSSR count). The van der Waals surface area contributed by atoms with Crippen molar-refractivity contribution >= 4 is 0 Å². The molecule has 1 heterocycles. The van der Waals surface area contributed by atoms with Crippen molar-refractivity contribution in [3.8, 4) is 34.5 Å². The summed E-state index contributed by atoms with van der Waals surface area (Å²) in [7, 11) is 3.17. The second-order valence-corrected chi connectivity index (χ2v) is 4.71. The summed E-state index contributed by atoms with van der Waals surface area (Å²) < 4.78 is 12.3. The Balaban J connectivity index is 2.27. The van der Waals surface area contributed by atoms with Crippen LogP contribution in [0.25, 0.3) is 16.9 Å². The third-order valence-corrected chi connectivity index (χ3v) is 3.44. The summed E-state index contributed by atoms with van der Waals surface area (Å²) >= 11 is 0. The molecule has 1 aromatic heterocycles. The van der Waals surface area contributed by atoms with Crippen LogP contribution in [0.15, 0.2) is 48.5 Å². The van der Waals surface area contributed by atoms with E-state index in [0.717, 1.165) is 5.56 Å². The van der Waals surface area contributed by atoms with Gasteiger partial charge in [-0.05, 0) is 12.1 Å². The number of methoxy groups -OCH3 is 2. The molecule has 23 heavy (non-hydrogen) atoms. The molecule has 114 valence electrons. The molecule has 0 unspecified atom stereocenters. The molecular formula is C17H14N4O2. The summed E-state index contributed by atoms with van der Waals surface area (Å²) in [4.78, 5) is 0. The molecule has 0 aliphatic carbocycles. The minimum absolute atomic E-state index is 0.251. The minimum Gasteiger partial charge on any atom is -0.497 e. The maximum atomic E-state index is 9.35. The zero-order valence-corrected chi connectivity index (χ0v) is 12.7. The van der Waals surface area contributed by atoms with E-state index >= 15 is 0 Å². The average molecular weight is 306 g/mol. The van der Waals surface area contributed by atoms with Crippen LogP contribution in [0.1, 0.15) is 5.69 Å². The topological polar surface area (TPSA) is 73.0 Å². The Labute approximate surface area is 133 Å². The van der Waals surface area contributed by atoms with Gasteiger partial charge in [-0.2, -0.15) is 5.26 Å². The van der Waals surface area contributed by atoms with Crippen LogP contribution in [0.5, 0.6) is 11.5 Å². The van der Waals surface area contributed by atoms with Crippen LogP contribution in [0.3, 0.4) is 0 Å². The zero-order chi connectivity index (χ0) is 16.2. The molecule has 0 saturated carbocycles. The quantitative estimate of drug-likeness (QED) is 0.741. The van der Waals surface area contributed by atoms with Crippen LogP contribution < -0.4 is 9.47 Å². The molecule has 2 aromatic carbocycles. The molecule has 0 spiro atoms. The van der Waals surface area contributed by atoms with Crippen molar-refractivity contribution in [3.05, 3.63) is 54.2 Å². The van der Waals surface area contributed by atoms with Gasteiger partial charge >= 0.3 is 0 Å². The summed E-state index contributed by atoms with van der Waals surface area (Å²) in [5.74, 6) is 1.27. The van der Waals surface area contributed by atoms with Crippen molar-refractivity contribution in [3.63, 3.8) is 0 Å². The second-order valence-electron chi connectivity index (χ2n) is 4.71. The maximum Gasteiger partial charge on any atom is 0.191 e. The van der Waals surface area contributed by atoms with Crippen LogP contribution in [0.4, 0.5) is 0 Å². The van der Waals surface area contributed by atoms with Crippen LogP contribution >= 0.6 is 0 Å². The van der Waals surface area contributed by atoms with E-state index in [1.54, 1.807) is 37.1 Å². The molecule has 0 radical (unpaired) electrons. The first-order valence-corrected chi connectivity index (χ1v) is 6.92. The van der Waals surface area contributed by atoms with Crippen molar-refractivity contribution < 1.29 is 9.47 Å². The molecule has 6 nitrogen and oxygen atoms in total. The molecule has 0 fully saturated rings. The number of ether oxygens (including phenoxy) is 2. The fourth-order valence-corrected chi connectivity index (χ4v) is 2.34. The van der Waals surface area contributed by atoms with E-state index in [1.807, 2.05) is 30.3 Å². The molecule has 0 amide bonds. The zero-order valence-electron chi connectivity index (χ0n) is 12.7. The first-order valence-electron chi connectivity index (χ1n) is 6.92. The lowest BCUT2D eigenvalue weighted by atomic mass is 10.1. The Morgan fingerprint density at radius 1 is 1.04 bits per heavy atom. The molecule has 3 aromatic rings. The van der Waals surface area contributed by atoms with Crippen molar-refractivity contribution in [2.24, 2.45) is 0 Å². The van der Waals surface area contributed by atoms with Gasteiger partial charge in [0.15, 0.2) is 5.69 Å². The van der Waals surface area contributed by atoms with Crippen LogP contribution in [-0.4, -0.2) is 29.2 Å². The monoisotopic (exact) mass is 306 g/mol. The van der Waals surface area contributed by atoms with Gasteiger partial charge in [-0.25, -0.2) is 4.68 Å². The van der Waals surface area contributed by atoms with Crippen molar-refractivity contribution in [1.29, 1.82) is 5.26 Å². The van der Waals surface area contributed by atoms with Gasteiger partial charge in [-0.1, -0.05) is 35.5 Å². The van der Waals surface area contributed by atoms with Crippen LogP contribution in [0, 0.1) is 11.3 Å². The van der Waals surface area contributed by atoms with E-state index in [1.165, 1.54) is 0 Å². The number of benzene rings is 2. The fourth-order valence-electron chi connectivity index (χ4n) is 2.34. The first-order chi connectivity index (χ1) is 11.3. The van der Waals surface area contributed by atoms with Gasteiger partial charge in [0.05, 0.1) is 14.2 Å². The Kier molecular flexibility index (Phi) is 3.93. The van der Waals surface area contributed by atoms with E-state index in [9.17, 15) is 5.26 Å². The van der Waals surface area contributed by atoms with E-state index < -0.39 is 0 Å². The lowest BCUT2D eigenvalue weighted by Crippen LogP contribution is -2.03. The summed E-state index contributed by atoms with van der Waals surface area (Å²) in [5.41, 5.74) is 2.36. The normalized spacial score (nSPS) is 10.1. The van der Waals surface area contributed by atoms with Gasteiger partial charge in [-0.15, -0.1) is 5.10 Å². The number of aromatic nitrogens is 3. The number of hydrogen-bond acceptors (Lipinski definition) is 5. The predicted octanol–water partition coefficient (Wildman–Crippen LogP) is 2.82. The minimum atomic E-state index is 0.251. The van der Waals surface area contributed by atoms with E-state index in [2.05, 4.69) is 16.4 Å². The highest BCUT2D eigenvalue weighted by atomic mass is 16.5.